The maximum Gasteiger partial charge on any atom is 0.225 e. The Labute approximate surface area is 235 Å². The number of rotatable bonds is 8. The van der Waals surface area contributed by atoms with Gasteiger partial charge in [0.2, 0.25) is 11.8 Å². The van der Waals surface area contributed by atoms with Gasteiger partial charge in [-0.15, -0.1) is 10.2 Å². The molecule has 2 amide bonds. The van der Waals surface area contributed by atoms with Gasteiger partial charge in [-0.2, -0.15) is 0 Å². The van der Waals surface area contributed by atoms with Gasteiger partial charge < -0.3 is 16.0 Å². The predicted molar refractivity (Wildman–Crippen MR) is 155 cm³/mol. The van der Waals surface area contributed by atoms with Crippen LogP contribution in [0.3, 0.4) is 0 Å². The van der Waals surface area contributed by atoms with E-state index in [1.165, 1.54) is 0 Å². The number of nitrogens with one attached hydrogen (secondary N) is 1. The van der Waals surface area contributed by atoms with Crippen LogP contribution in [0.2, 0.25) is 0 Å². The molecule has 40 heavy (non-hydrogen) atoms. The van der Waals surface area contributed by atoms with Gasteiger partial charge in [-0.1, -0.05) is 61.5 Å². The van der Waals surface area contributed by atoms with Crippen molar-refractivity contribution in [1.82, 2.24) is 15.1 Å². The molecule has 3 aromatic rings. The SMILES string of the molecule is CCC(=O)N(C)C1CCC(CC(=O)Nc2cc(-c3ccccc3)c(-c3ccc([C@]4(N)C[C@H](F)C4)cc3)nn2)CC1. The molecular weight excluding hydrogens is 505 g/mol. The summed E-state index contributed by atoms with van der Waals surface area (Å²) in [6.07, 6.45) is 4.47. The van der Waals surface area contributed by atoms with Gasteiger partial charge in [-0.05, 0) is 48.8 Å². The van der Waals surface area contributed by atoms with Gasteiger partial charge in [0.15, 0.2) is 5.82 Å². The summed E-state index contributed by atoms with van der Waals surface area (Å²) in [5.74, 6) is 0.794. The Morgan fingerprint density at radius 3 is 2.30 bits per heavy atom. The number of aromatic nitrogens is 2. The van der Waals surface area contributed by atoms with Crippen LogP contribution in [-0.2, 0) is 15.1 Å². The summed E-state index contributed by atoms with van der Waals surface area (Å²) in [7, 11) is 1.88. The lowest BCUT2D eigenvalue weighted by molar-refractivity contribution is -0.132. The number of halogens is 1. The normalized spacial score (nSPS) is 24.1. The van der Waals surface area contributed by atoms with Gasteiger partial charge in [0, 0.05) is 55.4 Å². The van der Waals surface area contributed by atoms with Crippen LogP contribution in [0.15, 0.2) is 60.7 Å². The molecule has 1 aromatic heterocycles. The largest absolute Gasteiger partial charge is 0.343 e. The Balaban J connectivity index is 1.28. The van der Waals surface area contributed by atoms with Gasteiger partial charge in [-0.25, -0.2) is 4.39 Å². The minimum atomic E-state index is -0.837. The van der Waals surface area contributed by atoms with Crippen LogP contribution < -0.4 is 11.1 Å². The Bertz CT molecular complexity index is 1330. The standard InChI is InChI=1S/C32H38FN5O2/c1-3-30(40)38(2)26-15-9-21(10-16-26)17-29(39)35-28-18-27(22-7-5-4-6-8-22)31(37-36-28)23-11-13-24(14-12-23)32(34)19-25(33)20-32/h4-8,11-14,18,21,25-26H,3,9-10,15-17,19-20,34H2,1-2H3,(H,35,36,39)/t21?,25-,26?,32-. The van der Waals surface area contributed by atoms with E-state index < -0.39 is 11.7 Å². The maximum absolute atomic E-state index is 13.5. The second-order valence-corrected chi connectivity index (χ2v) is 11.4. The molecule has 0 bridgehead atoms. The minimum Gasteiger partial charge on any atom is -0.343 e. The van der Waals surface area contributed by atoms with Crippen molar-refractivity contribution < 1.29 is 14.0 Å². The fourth-order valence-corrected chi connectivity index (χ4v) is 6.08. The number of nitrogens with two attached hydrogens (primary N) is 1. The number of hydrogen-bond donors (Lipinski definition) is 2. The molecule has 7 nitrogen and oxygen atoms in total. The Kier molecular flexibility index (Phi) is 8.26. The summed E-state index contributed by atoms with van der Waals surface area (Å²) in [5, 5.41) is 11.8. The highest BCUT2D eigenvalue weighted by molar-refractivity contribution is 5.91. The van der Waals surface area contributed by atoms with Crippen molar-refractivity contribution in [2.24, 2.45) is 11.7 Å². The molecule has 0 saturated heterocycles. The van der Waals surface area contributed by atoms with E-state index in [1.807, 2.05) is 79.5 Å². The third-order valence-electron chi connectivity index (χ3n) is 8.58. The number of alkyl halides is 1. The Morgan fingerprint density at radius 1 is 1.00 bits per heavy atom. The summed E-state index contributed by atoms with van der Waals surface area (Å²) in [5.41, 5.74) is 10.1. The lowest BCUT2D eigenvalue weighted by Crippen LogP contribution is -2.50. The van der Waals surface area contributed by atoms with Crippen LogP contribution in [0.25, 0.3) is 22.4 Å². The topological polar surface area (TPSA) is 101 Å². The molecule has 2 fully saturated rings. The molecule has 2 saturated carbocycles. The molecule has 0 atom stereocenters. The smallest absolute Gasteiger partial charge is 0.225 e. The second kappa shape index (κ2) is 11.8. The monoisotopic (exact) mass is 543 g/mol. The second-order valence-electron chi connectivity index (χ2n) is 11.4. The van der Waals surface area contributed by atoms with Gasteiger partial charge in [0.05, 0.1) is 0 Å². The first kappa shape index (κ1) is 27.9. The van der Waals surface area contributed by atoms with Gasteiger partial charge in [0.25, 0.3) is 0 Å². The number of nitrogens with zero attached hydrogens (tertiary/aromatic N) is 3. The molecule has 0 radical (unpaired) electrons. The molecule has 5 rings (SSSR count). The lowest BCUT2D eigenvalue weighted by Gasteiger charge is -2.41. The highest BCUT2D eigenvalue weighted by Crippen LogP contribution is 2.41. The van der Waals surface area contributed by atoms with E-state index in [1.54, 1.807) is 0 Å². The quantitative estimate of drug-likeness (QED) is 0.371. The lowest BCUT2D eigenvalue weighted by atomic mass is 9.71. The minimum absolute atomic E-state index is 0.0771. The molecule has 210 valence electrons. The molecule has 0 spiro atoms. The highest BCUT2D eigenvalue weighted by Gasteiger charge is 2.42. The molecular formula is C32H38FN5O2. The number of benzene rings is 2. The van der Waals surface area contributed by atoms with Crippen LogP contribution in [-0.4, -0.2) is 46.2 Å². The van der Waals surface area contributed by atoms with Crippen molar-refractivity contribution in [2.75, 3.05) is 12.4 Å². The molecule has 8 heteroatoms. The molecule has 2 aliphatic rings. The Hall–Kier alpha value is -3.65. The summed E-state index contributed by atoms with van der Waals surface area (Å²) in [6, 6.07) is 19.8. The van der Waals surface area contributed by atoms with E-state index in [4.69, 9.17) is 5.73 Å². The van der Waals surface area contributed by atoms with E-state index in [9.17, 15) is 14.0 Å². The van der Waals surface area contributed by atoms with Gasteiger partial charge in [-0.3, -0.25) is 9.59 Å². The summed E-state index contributed by atoms with van der Waals surface area (Å²) in [6.45, 7) is 1.89. The van der Waals surface area contributed by atoms with Gasteiger partial charge >= 0.3 is 0 Å². The summed E-state index contributed by atoms with van der Waals surface area (Å²) < 4.78 is 13.5. The van der Waals surface area contributed by atoms with E-state index >= 15 is 0 Å². The first-order valence-electron chi connectivity index (χ1n) is 14.3. The third-order valence-corrected chi connectivity index (χ3v) is 8.58. The van der Waals surface area contributed by atoms with Crippen LogP contribution >= 0.6 is 0 Å². The fraction of sp³-hybridized carbons (Fsp3) is 0.438. The molecule has 0 aliphatic heterocycles. The first-order valence-corrected chi connectivity index (χ1v) is 14.3. The highest BCUT2D eigenvalue weighted by atomic mass is 19.1. The molecule has 1 heterocycles. The zero-order valence-electron chi connectivity index (χ0n) is 23.3. The summed E-state index contributed by atoms with van der Waals surface area (Å²) in [4.78, 5) is 26.9. The average molecular weight is 544 g/mol. The van der Waals surface area contributed by atoms with Crippen molar-refractivity contribution in [1.29, 1.82) is 0 Å². The van der Waals surface area contributed by atoms with Crippen molar-refractivity contribution >= 4 is 17.6 Å². The van der Waals surface area contributed by atoms with Crippen molar-refractivity contribution in [3.63, 3.8) is 0 Å². The molecule has 0 unspecified atom stereocenters. The van der Waals surface area contributed by atoms with Crippen LogP contribution in [0, 0.1) is 5.92 Å². The zero-order valence-corrected chi connectivity index (χ0v) is 23.3. The Morgan fingerprint density at radius 2 is 1.68 bits per heavy atom. The number of anilines is 1. The number of carbonyl (C=O) groups excluding carboxylic acids is 2. The van der Waals surface area contributed by atoms with Crippen molar-refractivity contribution in [3.8, 4) is 22.4 Å². The van der Waals surface area contributed by atoms with Crippen molar-refractivity contribution in [3.05, 3.63) is 66.2 Å². The fourth-order valence-electron chi connectivity index (χ4n) is 6.08. The predicted octanol–water partition coefficient (Wildman–Crippen LogP) is 5.85. The average Bonchev–Trinajstić information content (AvgIpc) is 2.96. The van der Waals surface area contributed by atoms with E-state index in [0.717, 1.165) is 47.9 Å². The molecule has 3 N–H and O–H groups in total. The first-order chi connectivity index (χ1) is 19.3. The van der Waals surface area contributed by atoms with E-state index in [-0.39, 0.29) is 23.8 Å². The van der Waals surface area contributed by atoms with Crippen molar-refractivity contribution in [2.45, 2.75) is 76.0 Å². The van der Waals surface area contributed by atoms with Crippen LogP contribution in [0.4, 0.5) is 10.2 Å². The molecule has 2 aliphatic carbocycles. The van der Waals surface area contributed by atoms with Crippen LogP contribution in [0.1, 0.15) is 63.9 Å². The van der Waals surface area contributed by atoms with Gasteiger partial charge in [0.1, 0.15) is 11.9 Å². The molecule has 2 aromatic carbocycles. The number of carbonyl (C=O) groups is 2. The number of amides is 2. The van der Waals surface area contributed by atoms with E-state index in [2.05, 4.69) is 15.5 Å². The number of hydrogen-bond acceptors (Lipinski definition) is 5. The van der Waals surface area contributed by atoms with Crippen LogP contribution in [0.5, 0.6) is 0 Å². The third kappa shape index (κ3) is 6.07. The zero-order chi connectivity index (χ0) is 28.3. The maximum atomic E-state index is 13.5. The van der Waals surface area contributed by atoms with E-state index in [0.29, 0.717) is 37.2 Å². The summed E-state index contributed by atoms with van der Waals surface area (Å²) >= 11 is 0.